The summed E-state index contributed by atoms with van der Waals surface area (Å²) in [6, 6.07) is 1.57. The molecule has 0 unspecified atom stereocenters. The number of aromatic nitrogens is 4. The number of aryl methyl sites for hydroxylation is 1. The molecule has 9 nitrogen and oxygen atoms in total. The minimum Gasteiger partial charge on any atom is -0.463 e. The Balaban J connectivity index is 2.24. The van der Waals surface area contributed by atoms with Gasteiger partial charge in [-0.3, -0.25) is 13.9 Å². The first-order valence-electron chi connectivity index (χ1n) is 6.83. The predicted molar refractivity (Wildman–Crippen MR) is 84.4 cm³/mol. The van der Waals surface area contributed by atoms with Gasteiger partial charge in [0.1, 0.15) is 0 Å². The summed E-state index contributed by atoms with van der Waals surface area (Å²) in [6.07, 6.45) is 1.34. The summed E-state index contributed by atoms with van der Waals surface area (Å²) in [5.74, 6) is -0.632. The predicted octanol–water partition coefficient (Wildman–Crippen LogP) is 0.515. The molecule has 0 aliphatic carbocycles. The number of rotatable bonds is 3. The van der Waals surface area contributed by atoms with Crippen LogP contribution in [0, 0.1) is 0 Å². The van der Waals surface area contributed by atoms with Gasteiger partial charge in [-0.25, -0.2) is 9.59 Å². The number of carbonyl (C=O) groups is 1. The van der Waals surface area contributed by atoms with E-state index in [0.29, 0.717) is 5.56 Å². The molecule has 24 heavy (non-hydrogen) atoms. The summed E-state index contributed by atoms with van der Waals surface area (Å²) in [5, 5.41) is 0.0142. The zero-order chi connectivity index (χ0) is 17.6. The maximum absolute atomic E-state index is 12.5. The molecule has 0 N–H and O–H groups in total. The van der Waals surface area contributed by atoms with E-state index in [1.807, 2.05) is 0 Å². The molecule has 3 aromatic heterocycles. The summed E-state index contributed by atoms with van der Waals surface area (Å²) < 4.78 is 13.4. The first-order chi connectivity index (χ1) is 11.4. The van der Waals surface area contributed by atoms with Crippen LogP contribution in [0.5, 0.6) is 0 Å². The first kappa shape index (κ1) is 16.1. The number of furan rings is 1. The molecule has 10 heteroatoms. The maximum Gasteiger partial charge on any atom is 0.374 e. The van der Waals surface area contributed by atoms with E-state index < -0.39 is 17.2 Å². The van der Waals surface area contributed by atoms with Gasteiger partial charge in [-0.15, -0.1) is 0 Å². The van der Waals surface area contributed by atoms with Gasteiger partial charge in [-0.1, -0.05) is 0 Å². The van der Waals surface area contributed by atoms with Gasteiger partial charge in [-0.05, 0) is 17.7 Å². The second kappa shape index (κ2) is 5.68. The molecule has 0 saturated carbocycles. The van der Waals surface area contributed by atoms with Crippen molar-refractivity contribution in [1.29, 1.82) is 0 Å². The number of imidazole rings is 1. The van der Waals surface area contributed by atoms with Crippen molar-refractivity contribution < 1.29 is 13.9 Å². The molecule has 0 atom stereocenters. The average molecular weight is 353 g/mol. The standard InChI is InChI=1S/C14H13ClN4O5/c1-17-10-8(11(20)18(2)14(17)22)19(13(15)16-10)6-7-4-5-24-9(7)12(21)23-3/h4-5H,6H2,1-3H3. The maximum atomic E-state index is 12.5. The molecule has 3 aromatic rings. The number of hydrogen-bond acceptors (Lipinski definition) is 6. The molecule has 3 rings (SSSR count). The zero-order valence-electron chi connectivity index (χ0n) is 13.1. The summed E-state index contributed by atoms with van der Waals surface area (Å²) in [7, 11) is 4.10. The Morgan fingerprint density at radius 1 is 1.33 bits per heavy atom. The third-order valence-corrected chi connectivity index (χ3v) is 4.04. The molecule has 0 aromatic carbocycles. The number of halogens is 1. The van der Waals surface area contributed by atoms with Crippen molar-refractivity contribution >= 4 is 28.7 Å². The van der Waals surface area contributed by atoms with Gasteiger partial charge < -0.3 is 13.7 Å². The highest BCUT2D eigenvalue weighted by molar-refractivity contribution is 6.29. The van der Waals surface area contributed by atoms with Crippen molar-refractivity contribution in [2.24, 2.45) is 14.1 Å². The molecule has 0 spiro atoms. The van der Waals surface area contributed by atoms with Crippen LogP contribution < -0.4 is 11.2 Å². The van der Waals surface area contributed by atoms with Crippen molar-refractivity contribution in [3.05, 3.63) is 49.8 Å². The highest BCUT2D eigenvalue weighted by Gasteiger charge is 2.21. The molecule has 0 bridgehead atoms. The second-order valence-corrected chi connectivity index (χ2v) is 5.45. The Bertz CT molecular complexity index is 1070. The SMILES string of the molecule is COC(=O)c1occc1Cn1c(Cl)nc2c1c(=O)n(C)c(=O)n2C. The summed E-state index contributed by atoms with van der Waals surface area (Å²) >= 11 is 6.14. The Labute approximate surface area is 139 Å². The van der Waals surface area contributed by atoms with Crippen LogP contribution in [0.4, 0.5) is 0 Å². The molecular weight excluding hydrogens is 340 g/mol. The number of nitrogens with zero attached hydrogens (tertiary/aromatic N) is 4. The largest absolute Gasteiger partial charge is 0.463 e. The van der Waals surface area contributed by atoms with Crippen molar-refractivity contribution in [3.63, 3.8) is 0 Å². The minimum atomic E-state index is -0.643. The molecule has 126 valence electrons. The fraction of sp³-hybridized carbons (Fsp3) is 0.286. The van der Waals surface area contributed by atoms with Gasteiger partial charge in [0.2, 0.25) is 11.0 Å². The number of esters is 1. The van der Waals surface area contributed by atoms with Crippen molar-refractivity contribution in [2.75, 3.05) is 7.11 Å². The Kier molecular flexibility index (Phi) is 3.80. The van der Waals surface area contributed by atoms with E-state index in [9.17, 15) is 14.4 Å². The van der Waals surface area contributed by atoms with Crippen molar-refractivity contribution in [3.8, 4) is 0 Å². The Morgan fingerprint density at radius 3 is 2.71 bits per heavy atom. The third-order valence-electron chi connectivity index (χ3n) is 3.75. The summed E-state index contributed by atoms with van der Waals surface area (Å²) in [5.41, 5.74) is -0.250. The van der Waals surface area contributed by atoms with E-state index in [0.717, 1.165) is 4.57 Å². The van der Waals surface area contributed by atoms with Crippen LogP contribution >= 0.6 is 11.6 Å². The fourth-order valence-electron chi connectivity index (χ4n) is 2.47. The van der Waals surface area contributed by atoms with Crippen LogP contribution in [-0.2, 0) is 25.4 Å². The Morgan fingerprint density at radius 2 is 2.04 bits per heavy atom. The van der Waals surface area contributed by atoms with E-state index in [2.05, 4.69) is 9.72 Å². The lowest BCUT2D eigenvalue weighted by Gasteiger charge is -2.07. The highest BCUT2D eigenvalue weighted by Crippen LogP contribution is 2.20. The number of carbonyl (C=O) groups excluding carboxylic acids is 1. The number of ether oxygens (including phenoxy) is 1. The van der Waals surface area contributed by atoms with Crippen LogP contribution in [0.25, 0.3) is 11.2 Å². The van der Waals surface area contributed by atoms with E-state index in [4.69, 9.17) is 16.0 Å². The lowest BCUT2D eigenvalue weighted by atomic mass is 10.2. The van der Waals surface area contributed by atoms with E-state index >= 15 is 0 Å². The van der Waals surface area contributed by atoms with Gasteiger partial charge in [0.05, 0.1) is 19.9 Å². The van der Waals surface area contributed by atoms with Gasteiger partial charge in [0.25, 0.3) is 5.56 Å². The van der Waals surface area contributed by atoms with E-state index in [1.165, 1.54) is 36.6 Å². The zero-order valence-corrected chi connectivity index (χ0v) is 13.8. The van der Waals surface area contributed by atoms with Crippen LogP contribution in [0.2, 0.25) is 5.28 Å². The minimum absolute atomic E-state index is 0.0112. The molecule has 0 saturated heterocycles. The van der Waals surface area contributed by atoms with Gasteiger partial charge in [-0.2, -0.15) is 4.98 Å². The van der Waals surface area contributed by atoms with Gasteiger partial charge in [0.15, 0.2) is 11.2 Å². The second-order valence-electron chi connectivity index (χ2n) is 5.11. The van der Waals surface area contributed by atoms with Crippen LogP contribution in [0.3, 0.4) is 0 Å². The van der Waals surface area contributed by atoms with Crippen LogP contribution in [0.15, 0.2) is 26.3 Å². The molecule has 0 radical (unpaired) electrons. The van der Waals surface area contributed by atoms with Crippen LogP contribution in [-0.4, -0.2) is 31.8 Å². The molecule has 0 aliphatic heterocycles. The third kappa shape index (κ3) is 2.24. The molecule has 0 amide bonds. The smallest absolute Gasteiger partial charge is 0.374 e. The normalized spacial score (nSPS) is 11.2. The molecule has 3 heterocycles. The summed E-state index contributed by atoms with van der Waals surface area (Å²) in [4.78, 5) is 40.2. The van der Waals surface area contributed by atoms with Crippen molar-refractivity contribution in [2.45, 2.75) is 6.54 Å². The highest BCUT2D eigenvalue weighted by atomic mass is 35.5. The first-order valence-corrected chi connectivity index (χ1v) is 7.21. The fourth-order valence-corrected chi connectivity index (χ4v) is 2.69. The van der Waals surface area contributed by atoms with Crippen LogP contribution in [0.1, 0.15) is 16.1 Å². The lowest BCUT2D eigenvalue weighted by molar-refractivity contribution is 0.0563. The van der Waals surface area contributed by atoms with Gasteiger partial charge >= 0.3 is 11.7 Å². The van der Waals surface area contributed by atoms with E-state index in [-0.39, 0.29) is 28.8 Å². The average Bonchev–Trinajstić information content (AvgIpc) is 3.16. The number of fused-ring (bicyclic) bond motifs is 1. The summed E-state index contributed by atoms with van der Waals surface area (Å²) in [6.45, 7) is 0.0592. The van der Waals surface area contributed by atoms with E-state index in [1.54, 1.807) is 6.07 Å². The van der Waals surface area contributed by atoms with Gasteiger partial charge in [0, 0.05) is 19.7 Å². The number of methoxy groups -OCH3 is 1. The quantitative estimate of drug-likeness (QED) is 0.503. The molecule has 0 fully saturated rings. The molecular formula is C14H13ClN4O5. The molecule has 0 aliphatic rings. The number of hydrogen-bond donors (Lipinski definition) is 0. The lowest BCUT2D eigenvalue weighted by Crippen LogP contribution is -2.37. The monoisotopic (exact) mass is 352 g/mol. The Hall–Kier alpha value is -2.81. The topological polar surface area (TPSA) is 101 Å². The van der Waals surface area contributed by atoms with Crippen molar-refractivity contribution in [1.82, 2.24) is 18.7 Å².